The van der Waals surface area contributed by atoms with Gasteiger partial charge in [0, 0.05) is 18.3 Å². The van der Waals surface area contributed by atoms with Crippen LogP contribution in [0.3, 0.4) is 0 Å². The van der Waals surface area contributed by atoms with Gasteiger partial charge in [-0.05, 0) is 37.8 Å². The number of benzene rings is 1. The van der Waals surface area contributed by atoms with Crippen LogP contribution in [0, 0.1) is 17.6 Å². The molecule has 1 rings (SSSR count). The number of hydrogen-bond donors (Lipinski definition) is 3. The van der Waals surface area contributed by atoms with E-state index in [0.717, 1.165) is 24.6 Å². The molecule has 2 amide bonds. The quantitative estimate of drug-likeness (QED) is 0.701. The van der Waals surface area contributed by atoms with Crippen LogP contribution in [0.2, 0.25) is 0 Å². The summed E-state index contributed by atoms with van der Waals surface area (Å²) in [4.78, 5) is 23.4. The normalized spacial score (nSPS) is 13.5. The number of hydrogen-bond acceptors (Lipinski definition) is 3. The summed E-state index contributed by atoms with van der Waals surface area (Å²) in [6.07, 6.45) is 1.26. The van der Waals surface area contributed by atoms with Crippen molar-refractivity contribution in [3.8, 4) is 0 Å². The van der Waals surface area contributed by atoms with Crippen molar-refractivity contribution < 1.29 is 23.5 Å². The maximum Gasteiger partial charge on any atom is 0.313 e. The zero-order valence-corrected chi connectivity index (χ0v) is 13.5. The Labute approximate surface area is 134 Å². The lowest BCUT2D eigenvalue weighted by atomic mass is 9.95. The minimum absolute atomic E-state index is 0.0318. The maximum absolute atomic E-state index is 13.0. The van der Waals surface area contributed by atoms with E-state index in [1.807, 2.05) is 13.8 Å². The molecule has 0 heterocycles. The Kier molecular flexibility index (Phi) is 6.62. The Balaban J connectivity index is 2.50. The molecule has 0 spiro atoms. The minimum atomic E-state index is -1.13. The smallest absolute Gasteiger partial charge is 0.313 e. The van der Waals surface area contributed by atoms with E-state index in [-0.39, 0.29) is 12.2 Å². The van der Waals surface area contributed by atoms with E-state index < -0.39 is 29.0 Å². The molecule has 7 heteroatoms. The molecular weight excluding hydrogens is 306 g/mol. The Hall–Kier alpha value is -2.02. The van der Waals surface area contributed by atoms with Gasteiger partial charge in [-0.15, -0.1) is 0 Å². The van der Waals surface area contributed by atoms with Gasteiger partial charge in [-0.1, -0.05) is 13.8 Å². The Bertz CT molecular complexity index is 574. The lowest BCUT2D eigenvalue weighted by molar-refractivity contribution is -0.136. The van der Waals surface area contributed by atoms with E-state index in [9.17, 15) is 23.5 Å². The fourth-order valence-corrected chi connectivity index (χ4v) is 1.80. The third-order valence-electron chi connectivity index (χ3n) is 3.27. The summed E-state index contributed by atoms with van der Waals surface area (Å²) in [6.45, 7) is 5.53. The average molecular weight is 328 g/mol. The van der Waals surface area contributed by atoms with E-state index in [2.05, 4.69) is 10.6 Å². The number of amides is 2. The van der Waals surface area contributed by atoms with Crippen molar-refractivity contribution in [2.45, 2.75) is 39.2 Å². The average Bonchev–Trinajstić information content (AvgIpc) is 2.46. The van der Waals surface area contributed by atoms with Gasteiger partial charge in [0.15, 0.2) is 11.6 Å². The van der Waals surface area contributed by atoms with Crippen LogP contribution in [0.5, 0.6) is 0 Å². The third kappa shape index (κ3) is 6.73. The van der Waals surface area contributed by atoms with Crippen LogP contribution in [0.15, 0.2) is 18.2 Å². The van der Waals surface area contributed by atoms with Crippen LogP contribution in [-0.2, 0) is 9.59 Å². The topological polar surface area (TPSA) is 78.4 Å². The first-order valence-corrected chi connectivity index (χ1v) is 7.37. The predicted octanol–water partition coefficient (Wildman–Crippen LogP) is 2.21. The molecule has 0 radical (unpaired) electrons. The van der Waals surface area contributed by atoms with Crippen molar-refractivity contribution in [1.29, 1.82) is 0 Å². The van der Waals surface area contributed by atoms with Crippen LogP contribution < -0.4 is 10.6 Å². The number of rotatable bonds is 6. The molecule has 0 aliphatic rings. The van der Waals surface area contributed by atoms with E-state index in [1.165, 1.54) is 0 Å². The standard InChI is InChI=1S/C16H22F2N2O3/c1-10(2)6-7-16(3,23)9-19-14(21)15(22)20-11-4-5-12(17)13(18)8-11/h4-5,8,10,23H,6-7,9H2,1-3H3,(H,19,21)(H,20,22)/t16-/m1/s1. The molecule has 1 aromatic rings. The van der Waals surface area contributed by atoms with Gasteiger partial charge >= 0.3 is 11.8 Å². The van der Waals surface area contributed by atoms with Gasteiger partial charge in [-0.25, -0.2) is 8.78 Å². The number of aliphatic hydroxyl groups is 1. The van der Waals surface area contributed by atoms with Gasteiger partial charge in [-0.2, -0.15) is 0 Å². The molecule has 0 saturated heterocycles. The molecule has 5 nitrogen and oxygen atoms in total. The number of carbonyl (C=O) groups excluding carboxylic acids is 2. The molecular formula is C16H22F2N2O3. The van der Waals surface area contributed by atoms with Gasteiger partial charge < -0.3 is 15.7 Å². The molecule has 0 aliphatic heterocycles. The summed E-state index contributed by atoms with van der Waals surface area (Å²) in [5, 5.41) is 14.6. The molecule has 0 unspecified atom stereocenters. The number of anilines is 1. The lowest BCUT2D eigenvalue weighted by Gasteiger charge is -2.24. The molecule has 0 fully saturated rings. The van der Waals surface area contributed by atoms with Crippen molar-refractivity contribution >= 4 is 17.5 Å². The van der Waals surface area contributed by atoms with Crippen molar-refractivity contribution in [2.75, 3.05) is 11.9 Å². The first-order valence-electron chi connectivity index (χ1n) is 7.37. The number of carbonyl (C=O) groups is 2. The van der Waals surface area contributed by atoms with E-state index in [1.54, 1.807) is 6.92 Å². The van der Waals surface area contributed by atoms with Crippen LogP contribution in [0.1, 0.15) is 33.6 Å². The molecule has 128 valence electrons. The van der Waals surface area contributed by atoms with Crippen molar-refractivity contribution in [1.82, 2.24) is 5.32 Å². The maximum atomic E-state index is 13.0. The third-order valence-corrected chi connectivity index (χ3v) is 3.27. The van der Waals surface area contributed by atoms with Crippen LogP contribution in [-0.4, -0.2) is 29.1 Å². The summed E-state index contributed by atoms with van der Waals surface area (Å²) in [5.41, 5.74) is -1.15. The summed E-state index contributed by atoms with van der Waals surface area (Å²) in [6, 6.07) is 2.77. The van der Waals surface area contributed by atoms with Gasteiger partial charge in [0.25, 0.3) is 0 Å². The van der Waals surface area contributed by atoms with Gasteiger partial charge in [0.1, 0.15) is 0 Å². The summed E-state index contributed by atoms with van der Waals surface area (Å²) in [7, 11) is 0. The highest BCUT2D eigenvalue weighted by molar-refractivity contribution is 6.39. The van der Waals surface area contributed by atoms with Crippen LogP contribution >= 0.6 is 0 Å². The van der Waals surface area contributed by atoms with Crippen LogP contribution in [0.25, 0.3) is 0 Å². The largest absolute Gasteiger partial charge is 0.388 e. The molecule has 0 aliphatic carbocycles. The minimum Gasteiger partial charge on any atom is -0.388 e. The van der Waals surface area contributed by atoms with E-state index in [0.29, 0.717) is 12.3 Å². The first-order chi connectivity index (χ1) is 10.6. The van der Waals surface area contributed by atoms with Crippen molar-refractivity contribution in [2.24, 2.45) is 5.92 Å². The summed E-state index contributed by atoms with van der Waals surface area (Å²) >= 11 is 0. The Morgan fingerprint density at radius 2 is 1.87 bits per heavy atom. The molecule has 3 N–H and O–H groups in total. The van der Waals surface area contributed by atoms with Crippen molar-refractivity contribution in [3.05, 3.63) is 29.8 Å². The fourth-order valence-electron chi connectivity index (χ4n) is 1.80. The fraction of sp³-hybridized carbons (Fsp3) is 0.500. The highest BCUT2D eigenvalue weighted by atomic mass is 19.2. The Morgan fingerprint density at radius 1 is 1.22 bits per heavy atom. The first kappa shape index (κ1) is 19.0. The highest BCUT2D eigenvalue weighted by Crippen LogP contribution is 2.16. The zero-order valence-electron chi connectivity index (χ0n) is 13.5. The lowest BCUT2D eigenvalue weighted by Crippen LogP contribution is -2.44. The monoisotopic (exact) mass is 328 g/mol. The van der Waals surface area contributed by atoms with Gasteiger partial charge in [0.05, 0.1) is 5.60 Å². The molecule has 1 aromatic carbocycles. The van der Waals surface area contributed by atoms with Crippen LogP contribution in [0.4, 0.5) is 14.5 Å². The van der Waals surface area contributed by atoms with E-state index >= 15 is 0 Å². The van der Waals surface area contributed by atoms with E-state index in [4.69, 9.17) is 0 Å². The highest BCUT2D eigenvalue weighted by Gasteiger charge is 2.23. The molecule has 23 heavy (non-hydrogen) atoms. The second-order valence-corrected chi connectivity index (χ2v) is 6.20. The number of halogens is 2. The zero-order chi connectivity index (χ0) is 17.6. The van der Waals surface area contributed by atoms with Gasteiger partial charge in [-0.3, -0.25) is 9.59 Å². The second kappa shape index (κ2) is 8.01. The summed E-state index contributed by atoms with van der Waals surface area (Å²) < 4.78 is 25.8. The van der Waals surface area contributed by atoms with Crippen molar-refractivity contribution in [3.63, 3.8) is 0 Å². The predicted molar refractivity (Wildman–Crippen MR) is 82.7 cm³/mol. The Morgan fingerprint density at radius 3 is 2.43 bits per heavy atom. The SMILES string of the molecule is CC(C)CC[C@@](C)(O)CNC(=O)C(=O)Nc1ccc(F)c(F)c1. The second-order valence-electron chi connectivity index (χ2n) is 6.20. The molecule has 1 atom stereocenters. The molecule has 0 bridgehead atoms. The number of nitrogens with one attached hydrogen (secondary N) is 2. The molecule has 0 saturated carbocycles. The summed E-state index contributed by atoms with van der Waals surface area (Å²) in [5.74, 6) is -3.74. The van der Waals surface area contributed by atoms with Gasteiger partial charge in [0.2, 0.25) is 0 Å². The molecule has 0 aromatic heterocycles.